The van der Waals surface area contributed by atoms with Crippen molar-refractivity contribution in [3.63, 3.8) is 0 Å². The van der Waals surface area contributed by atoms with Crippen LogP contribution in [0.1, 0.15) is 41.5 Å². The highest BCUT2D eigenvalue weighted by atomic mass is 16.2. The zero-order chi connectivity index (χ0) is 12.7. The van der Waals surface area contributed by atoms with Gasteiger partial charge >= 0.3 is 0 Å². The molecule has 0 spiro atoms. The fraction of sp³-hybridized carbons (Fsp3) is 0.692. The van der Waals surface area contributed by atoms with E-state index in [1.165, 1.54) is 17.1 Å². The molecule has 0 aromatic carbocycles. The van der Waals surface area contributed by atoms with E-state index in [0.717, 1.165) is 0 Å². The van der Waals surface area contributed by atoms with Gasteiger partial charge in [-0.2, -0.15) is 0 Å². The molecule has 0 radical (unpaired) electrons. The number of hydrogen-bond donors (Lipinski definition) is 0. The Morgan fingerprint density at radius 2 is 1.38 bits per heavy atom. The van der Waals surface area contributed by atoms with Crippen molar-refractivity contribution in [2.24, 2.45) is 11.3 Å². The SMILES string of the molecule is CC(C)C(C)(C)C(C)(C)N1C(=O)C=CC1=O. The van der Waals surface area contributed by atoms with Crippen molar-refractivity contribution in [1.29, 1.82) is 0 Å². The van der Waals surface area contributed by atoms with E-state index in [9.17, 15) is 9.59 Å². The summed E-state index contributed by atoms with van der Waals surface area (Å²) in [4.78, 5) is 24.8. The van der Waals surface area contributed by atoms with Crippen molar-refractivity contribution < 1.29 is 9.59 Å². The fourth-order valence-electron chi connectivity index (χ4n) is 1.95. The van der Waals surface area contributed by atoms with Crippen LogP contribution in [0.15, 0.2) is 12.2 Å². The lowest BCUT2D eigenvalue weighted by Gasteiger charge is -2.49. The predicted molar refractivity (Wildman–Crippen MR) is 63.7 cm³/mol. The second-order valence-electron chi connectivity index (χ2n) is 5.78. The maximum Gasteiger partial charge on any atom is 0.254 e. The standard InChI is InChI=1S/C13H21NO2/c1-9(2)12(3,4)13(5,6)14-10(15)7-8-11(14)16/h7-9H,1-6H3. The number of amides is 2. The molecule has 0 unspecified atom stereocenters. The third-order valence-corrected chi connectivity index (χ3v) is 4.39. The molecule has 3 nitrogen and oxygen atoms in total. The molecule has 0 fully saturated rings. The maximum atomic E-state index is 11.7. The van der Waals surface area contributed by atoms with Gasteiger partial charge in [0, 0.05) is 12.2 Å². The van der Waals surface area contributed by atoms with E-state index in [0.29, 0.717) is 5.92 Å². The summed E-state index contributed by atoms with van der Waals surface area (Å²) in [6.45, 7) is 12.3. The Balaban J connectivity index is 3.12. The first-order valence-electron chi connectivity index (χ1n) is 5.68. The second-order valence-corrected chi connectivity index (χ2v) is 5.78. The largest absolute Gasteiger partial charge is 0.269 e. The second kappa shape index (κ2) is 3.72. The van der Waals surface area contributed by atoms with Crippen LogP contribution in [0.4, 0.5) is 0 Å². The van der Waals surface area contributed by atoms with E-state index in [1.54, 1.807) is 0 Å². The average Bonchev–Trinajstić information content (AvgIpc) is 2.45. The quantitative estimate of drug-likeness (QED) is 0.689. The van der Waals surface area contributed by atoms with Crippen molar-refractivity contribution >= 4 is 11.8 Å². The summed E-state index contributed by atoms with van der Waals surface area (Å²) in [7, 11) is 0. The first-order chi connectivity index (χ1) is 7.12. The van der Waals surface area contributed by atoms with E-state index in [2.05, 4.69) is 27.7 Å². The van der Waals surface area contributed by atoms with Crippen molar-refractivity contribution in [1.82, 2.24) is 4.90 Å². The molecule has 0 bridgehead atoms. The molecule has 0 N–H and O–H groups in total. The van der Waals surface area contributed by atoms with E-state index in [-0.39, 0.29) is 17.2 Å². The normalized spacial score (nSPS) is 17.8. The number of nitrogens with zero attached hydrogens (tertiary/aromatic N) is 1. The zero-order valence-electron chi connectivity index (χ0n) is 11.0. The Morgan fingerprint density at radius 1 is 1.00 bits per heavy atom. The fourth-order valence-corrected chi connectivity index (χ4v) is 1.95. The Kier molecular flexibility index (Phi) is 3.01. The minimum atomic E-state index is -0.487. The van der Waals surface area contributed by atoms with Crippen molar-refractivity contribution in [2.75, 3.05) is 0 Å². The Hall–Kier alpha value is -1.12. The molecule has 2 amide bonds. The predicted octanol–water partition coefficient (Wildman–Crippen LogP) is 2.37. The van der Waals surface area contributed by atoms with Gasteiger partial charge in [-0.25, -0.2) is 0 Å². The molecule has 0 saturated heterocycles. The molecule has 0 aromatic rings. The number of imide groups is 1. The van der Waals surface area contributed by atoms with Crippen LogP contribution in [0, 0.1) is 11.3 Å². The molecule has 1 aliphatic heterocycles. The Morgan fingerprint density at radius 3 is 1.69 bits per heavy atom. The minimum absolute atomic E-state index is 0.135. The molecular weight excluding hydrogens is 202 g/mol. The molecule has 1 rings (SSSR count). The van der Waals surface area contributed by atoms with Crippen LogP contribution in [0.5, 0.6) is 0 Å². The third kappa shape index (κ3) is 1.68. The van der Waals surface area contributed by atoms with Gasteiger partial charge in [0.15, 0.2) is 0 Å². The minimum Gasteiger partial charge on any atom is -0.269 e. The lowest BCUT2D eigenvalue weighted by molar-refractivity contribution is -0.149. The number of carbonyl (C=O) groups excluding carboxylic acids is 2. The lowest BCUT2D eigenvalue weighted by atomic mass is 9.66. The third-order valence-electron chi connectivity index (χ3n) is 4.39. The smallest absolute Gasteiger partial charge is 0.254 e. The van der Waals surface area contributed by atoms with Crippen LogP contribution in [0.2, 0.25) is 0 Å². The van der Waals surface area contributed by atoms with Gasteiger partial charge in [0.25, 0.3) is 11.8 Å². The Labute approximate surface area is 97.5 Å². The summed E-state index contributed by atoms with van der Waals surface area (Å²) in [6.07, 6.45) is 2.70. The van der Waals surface area contributed by atoms with Gasteiger partial charge in [0.1, 0.15) is 0 Å². The van der Waals surface area contributed by atoms with Crippen LogP contribution in [0.3, 0.4) is 0 Å². The molecule has 0 aromatic heterocycles. The molecule has 0 atom stereocenters. The maximum absolute atomic E-state index is 11.7. The molecule has 1 aliphatic rings. The van der Waals surface area contributed by atoms with Crippen molar-refractivity contribution in [2.45, 2.75) is 47.1 Å². The van der Waals surface area contributed by atoms with Crippen LogP contribution >= 0.6 is 0 Å². The molecule has 3 heteroatoms. The van der Waals surface area contributed by atoms with Gasteiger partial charge in [-0.1, -0.05) is 27.7 Å². The Bertz CT molecular complexity index is 333. The highest BCUT2D eigenvalue weighted by Crippen LogP contribution is 2.42. The molecule has 90 valence electrons. The van der Waals surface area contributed by atoms with Crippen LogP contribution in [-0.2, 0) is 9.59 Å². The number of carbonyl (C=O) groups is 2. The molecule has 0 saturated carbocycles. The van der Waals surface area contributed by atoms with Gasteiger partial charge in [0.2, 0.25) is 0 Å². The summed E-state index contributed by atoms with van der Waals surface area (Å²) < 4.78 is 0. The average molecular weight is 223 g/mol. The monoisotopic (exact) mass is 223 g/mol. The van der Waals surface area contributed by atoms with E-state index < -0.39 is 5.54 Å². The van der Waals surface area contributed by atoms with Crippen LogP contribution in [0.25, 0.3) is 0 Å². The van der Waals surface area contributed by atoms with Gasteiger partial charge < -0.3 is 0 Å². The first kappa shape index (κ1) is 12.9. The van der Waals surface area contributed by atoms with Crippen LogP contribution < -0.4 is 0 Å². The molecule has 0 aliphatic carbocycles. The lowest BCUT2D eigenvalue weighted by Crippen LogP contribution is -2.58. The van der Waals surface area contributed by atoms with Gasteiger partial charge in [-0.05, 0) is 25.2 Å². The van der Waals surface area contributed by atoms with E-state index in [1.807, 2.05) is 13.8 Å². The summed E-state index contributed by atoms with van der Waals surface area (Å²) >= 11 is 0. The van der Waals surface area contributed by atoms with E-state index >= 15 is 0 Å². The first-order valence-corrected chi connectivity index (χ1v) is 5.68. The summed E-state index contributed by atoms with van der Waals surface area (Å²) in [5, 5.41) is 0. The van der Waals surface area contributed by atoms with Gasteiger partial charge in [-0.3, -0.25) is 14.5 Å². The highest BCUT2D eigenvalue weighted by molar-refractivity contribution is 6.13. The number of rotatable bonds is 3. The molecule has 1 heterocycles. The molecule has 16 heavy (non-hydrogen) atoms. The zero-order valence-corrected chi connectivity index (χ0v) is 11.0. The number of hydrogen-bond acceptors (Lipinski definition) is 2. The summed E-state index contributed by atoms with van der Waals surface area (Å²) in [5.41, 5.74) is -0.622. The van der Waals surface area contributed by atoms with Crippen molar-refractivity contribution in [3.05, 3.63) is 12.2 Å². The summed E-state index contributed by atoms with van der Waals surface area (Å²) in [5.74, 6) is -0.0313. The van der Waals surface area contributed by atoms with E-state index in [4.69, 9.17) is 0 Å². The van der Waals surface area contributed by atoms with Crippen molar-refractivity contribution in [3.8, 4) is 0 Å². The van der Waals surface area contributed by atoms with Crippen LogP contribution in [-0.4, -0.2) is 22.3 Å². The van der Waals surface area contributed by atoms with Gasteiger partial charge in [0.05, 0.1) is 5.54 Å². The van der Waals surface area contributed by atoms with Gasteiger partial charge in [-0.15, -0.1) is 0 Å². The topological polar surface area (TPSA) is 37.4 Å². The molecular formula is C13H21NO2. The highest BCUT2D eigenvalue weighted by Gasteiger charge is 2.48. The summed E-state index contributed by atoms with van der Waals surface area (Å²) in [6, 6.07) is 0.